The number of amides is 1. The van der Waals surface area contributed by atoms with Gasteiger partial charge in [0.15, 0.2) is 11.8 Å². The average Bonchev–Trinajstić information content (AvgIpc) is 3.40. The maximum absolute atomic E-state index is 14.2. The molecule has 0 fully saturated rings. The largest absolute Gasteiger partial charge is 0.497 e. The molecule has 2 N–H and O–H groups in total. The van der Waals surface area contributed by atoms with Crippen LogP contribution in [0.2, 0.25) is 5.02 Å². The molecule has 0 saturated heterocycles. The van der Waals surface area contributed by atoms with E-state index >= 15 is 0 Å². The lowest BCUT2D eigenvalue weighted by molar-refractivity contribution is -0.118. The third-order valence-electron chi connectivity index (χ3n) is 9.14. The van der Waals surface area contributed by atoms with Crippen LogP contribution in [0.1, 0.15) is 117 Å². The molecule has 1 unspecified atom stereocenters. The smallest absolute Gasteiger partial charge is 0.338 e. The Hall–Kier alpha value is -5.03. The number of aromatic hydroxyl groups is 1. The number of nitrogens with zero attached hydrogens (tertiary/aromatic N) is 2. The van der Waals surface area contributed by atoms with Gasteiger partial charge in [0.2, 0.25) is 0 Å². The van der Waals surface area contributed by atoms with Gasteiger partial charge in [-0.15, -0.1) is 0 Å². The standard InChI is InChI=1S/C42H52ClN3O8/c1-4-6-7-8-9-10-11-12-13-14-18-27-54-41(50)32-23-26-34(43)35(28-32)44-38(48)36(37(47)31-21-24-33(52-3)25-22-31)46-39(49)40(53-5-2)45(42(46)51)29-30-19-16-15-17-20-30/h15-17,19-26,28,36,49H,4-14,18,27,29H2,1-3H3,(H,44,48). The first-order valence-electron chi connectivity index (χ1n) is 18.9. The summed E-state index contributed by atoms with van der Waals surface area (Å²) in [6.45, 7) is 4.24. The molecule has 54 heavy (non-hydrogen) atoms. The van der Waals surface area contributed by atoms with Gasteiger partial charge in [0.25, 0.3) is 17.7 Å². The van der Waals surface area contributed by atoms with E-state index in [1.54, 1.807) is 43.3 Å². The Kier molecular flexibility index (Phi) is 16.7. The van der Waals surface area contributed by atoms with E-state index in [0.717, 1.165) is 29.4 Å². The Morgan fingerprint density at radius 3 is 2.04 bits per heavy atom. The van der Waals surface area contributed by atoms with Crippen LogP contribution >= 0.6 is 11.6 Å². The van der Waals surface area contributed by atoms with Crippen molar-refractivity contribution in [3.8, 4) is 17.5 Å². The molecule has 0 spiro atoms. The number of aromatic nitrogens is 2. The molecule has 290 valence electrons. The lowest BCUT2D eigenvalue weighted by Gasteiger charge is -2.18. The van der Waals surface area contributed by atoms with Gasteiger partial charge >= 0.3 is 11.7 Å². The van der Waals surface area contributed by atoms with E-state index in [1.165, 1.54) is 88.8 Å². The molecule has 1 amide bonds. The molecule has 1 heterocycles. The van der Waals surface area contributed by atoms with E-state index in [-0.39, 0.29) is 47.5 Å². The van der Waals surface area contributed by atoms with Crippen LogP contribution in [0.15, 0.2) is 77.6 Å². The van der Waals surface area contributed by atoms with Gasteiger partial charge in [-0.3, -0.25) is 14.2 Å². The van der Waals surface area contributed by atoms with Gasteiger partial charge in [-0.2, -0.15) is 0 Å². The van der Waals surface area contributed by atoms with Crippen molar-refractivity contribution in [2.75, 3.05) is 25.6 Å². The van der Waals surface area contributed by atoms with Crippen molar-refractivity contribution in [2.45, 2.75) is 97.1 Å². The highest BCUT2D eigenvalue weighted by atomic mass is 35.5. The molecule has 0 aliphatic heterocycles. The number of anilines is 1. The lowest BCUT2D eigenvalue weighted by Crippen LogP contribution is -2.39. The number of halogens is 1. The van der Waals surface area contributed by atoms with Crippen molar-refractivity contribution in [1.82, 2.24) is 9.13 Å². The summed E-state index contributed by atoms with van der Waals surface area (Å²) in [5.41, 5.74) is 0.0942. The van der Waals surface area contributed by atoms with E-state index in [2.05, 4.69) is 12.2 Å². The van der Waals surface area contributed by atoms with Gasteiger partial charge in [0.05, 0.1) is 43.1 Å². The normalized spacial score (nSPS) is 11.6. The number of ketones is 1. The summed E-state index contributed by atoms with van der Waals surface area (Å²) in [7, 11) is 1.47. The van der Waals surface area contributed by atoms with Crippen LogP contribution in [0.4, 0.5) is 5.69 Å². The molecule has 0 saturated carbocycles. The first-order chi connectivity index (χ1) is 26.2. The zero-order valence-corrected chi connectivity index (χ0v) is 32.2. The minimum Gasteiger partial charge on any atom is -0.497 e. The second-order valence-electron chi connectivity index (χ2n) is 13.1. The molecule has 0 radical (unpaired) electrons. The first kappa shape index (κ1) is 41.7. The Morgan fingerprint density at radius 1 is 0.815 bits per heavy atom. The Labute approximate surface area is 322 Å². The molecular formula is C42H52ClN3O8. The maximum Gasteiger partial charge on any atom is 0.338 e. The number of carbonyl (C=O) groups is 3. The number of nitrogens with one attached hydrogen (secondary N) is 1. The molecule has 4 aromatic rings. The molecule has 1 atom stereocenters. The van der Waals surface area contributed by atoms with E-state index in [4.69, 9.17) is 25.8 Å². The summed E-state index contributed by atoms with van der Waals surface area (Å²) in [6.07, 6.45) is 12.9. The lowest BCUT2D eigenvalue weighted by atomic mass is 10.0. The van der Waals surface area contributed by atoms with Crippen LogP contribution in [0.3, 0.4) is 0 Å². The molecule has 0 aliphatic carbocycles. The maximum atomic E-state index is 14.2. The van der Waals surface area contributed by atoms with Gasteiger partial charge in [-0.1, -0.05) is 113 Å². The predicted octanol–water partition coefficient (Wildman–Crippen LogP) is 8.99. The van der Waals surface area contributed by atoms with E-state index < -0.39 is 35.3 Å². The fourth-order valence-corrected chi connectivity index (χ4v) is 6.34. The van der Waals surface area contributed by atoms with Gasteiger partial charge in [0.1, 0.15) is 5.75 Å². The van der Waals surface area contributed by atoms with Crippen LogP contribution in [-0.4, -0.2) is 52.2 Å². The summed E-state index contributed by atoms with van der Waals surface area (Å²) in [5, 5.41) is 14.1. The van der Waals surface area contributed by atoms with Crippen molar-refractivity contribution in [3.05, 3.63) is 105 Å². The van der Waals surface area contributed by atoms with Crippen molar-refractivity contribution in [3.63, 3.8) is 0 Å². The summed E-state index contributed by atoms with van der Waals surface area (Å²) >= 11 is 6.47. The van der Waals surface area contributed by atoms with Crippen molar-refractivity contribution in [1.29, 1.82) is 0 Å². The Morgan fingerprint density at radius 2 is 1.43 bits per heavy atom. The second-order valence-corrected chi connectivity index (χ2v) is 13.5. The number of carbonyl (C=O) groups excluding carboxylic acids is 3. The third-order valence-corrected chi connectivity index (χ3v) is 9.47. The summed E-state index contributed by atoms with van der Waals surface area (Å²) in [4.78, 5) is 55.3. The molecule has 3 aromatic carbocycles. The fourth-order valence-electron chi connectivity index (χ4n) is 6.18. The minimum absolute atomic E-state index is 0.00416. The van der Waals surface area contributed by atoms with E-state index in [0.29, 0.717) is 10.3 Å². The number of rotatable bonds is 23. The van der Waals surface area contributed by atoms with Crippen molar-refractivity contribution < 1.29 is 33.7 Å². The van der Waals surface area contributed by atoms with Crippen molar-refractivity contribution in [2.24, 2.45) is 0 Å². The predicted molar refractivity (Wildman–Crippen MR) is 210 cm³/mol. The number of esters is 1. The average molecular weight is 762 g/mol. The topological polar surface area (TPSA) is 138 Å². The third kappa shape index (κ3) is 11.5. The Balaban J connectivity index is 1.51. The monoisotopic (exact) mass is 761 g/mol. The number of methoxy groups -OCH3 is 1. The quantitative estimate of drug-likeness (QED) is 0.0331. The number of benzene rings is 3. The van der Waals surface area contributed by atoms with E-state index in [1.807, 2.05) is 6.07 Å². The highest BCUT2D eigenvalue weighted by molar-refractivity contribution is 6.34. The summed E-state index contributed by atoms with van der Waals surface area (Å²) in [5.74, 6) is -2.81. The second kappa shape index (κ2) is 21.6. The molecule has 0 bridgehead atoms. The zero-order valence-electron chi connectivity index (χ0n) is 31.5. The molecule has 1 aromatic heterocycles. The zero-order chi connectivity index (χ0) is 38.9. The molecule has 11 nitrogen and oxygen atoms in total. The number of hydrogen-bond acceptors (Lipinski definition) is 8. The van der Waals surface area contributed by atoms with E-state index in [9.17, 15) is 24.3 Å². The van der Waals surface area contributed by atoms with Crippen LogP contribution < -0.4 is 20.5 Å². The van der Waals surface area contributed by atoms with Crippen LogP contribution in [-0.2, 0) is 16.1 Å². The van der Waals surface area contributed by atoms with Crippen LogP contribution in [0.25, 0.3) is 0 Å². The van der Waals surface area contributed by atoms with Gasteiger partial charge in [0, 0.05) is 5.56 Å². The highest BCUT2D eigenvalue weighted by Crippen LogP contribution is 2.32. The minimum atomic E-state index is -1.91. The van der Waals surface area contributed by atoms with Gasteiger partial charge < -0.3 is 24.6 Å². The molecule has 0 aliphatic rings. The number of ether oxygens (including phenoxy) is 3. The highest BCUT2D eigenvalue weighted by Gasteiger charge is 2.37. The SMILES string of the molecule is CCCCCCCCCCCCCOC(=O)c1ccc(Cl)c(NC(=O)C(C(=O)c2ccc(OC)cc2)n2c(O)c(OCC)n(Cc3ccccc3)c2=O)c1. The molecular weight excluding hydrogens is 710 g/mol. The summed E-state index contributed by atoms with van der Waals surface area (Å²) < 4.78 is 18.3. The number of Topliss-reactive ketones (excluding diaryl/α,β-unsaturated/α-hetero) is 1. The van der Waals surface area contributed by atoms with Crippen LogP contribution in [0.5, 0.6) is 17.5 Å². The number of unbranched alkanes of at least 4 members (excludes halogenated alkanes) is 10. The molecule has 12 heteroatoms. The molecule has 4 rings (SSSR count). The van der Waals surface area contributed by atoms with Crippen LogP contribution in [0, 0.1) is 0 Å². The van der Waals surface area contributed by atoms with Gasteiger partial charge in [-0.25, -0.2) is 14.2 Å². The fraction of sp³-hybridized carbons (Fsp3) is 0.429. The summed E-state index contributed by atoms with van der Waals surface area (Å²) in [6, 6.07) is 17.4. The van der Waals surface area contributed by atoms with Gasteiger partial charge in [-0.05, 0) is 61.4 Å². The number of imidazole rings is 1. The number of hydrogen-bond donors (Lipinski definition) is 2. The first-order valence-corrected chi connectivity index (χ1v) is 19.2. The Bertz CT molecular complexity index is 1870. The van der Waals surface area contributed by atoms with Crippen molar-refractivity contribution >= 4 is 34.9 Å².